The van der Waals surface area contributed by atoms with E-state index in [1.165, 1.54) is 12.1 Å². The number of pyridine rings is 2. The van der Waals surface area contributed by atoms with Crippen molar-refractivity contribution in [2.45, 2.75) is 115 Å². The Morgan fingerprint density at radius 1 is 1.08 bits per heavy atom. The van der Waals surface area contributed by atoms with Crippen LogP contribution in [0, 0.1) is 18.3 Å². The normalized spacial score (nSPS) is 23.9. The largest absolute Gasteiger partial charge is 0.488 e. The highest BCUT2D eigenvalue weighted by Crippen LogP contribution is 2.46. The van der Waals surface area contributed by atoms with E-state index in [2.05, 4.69) is 31.9 Å². The molecule has 290 valence electrons. The van der Waals surface area contributed by atoms with E-state index in [1.807, 2.05) is 0 Å². The molecular formula is C35H45F3N6O8S. The van der Waals surface area contributed by atoms with Gasteiger partial charge in [-0.05, 0) is 64.5 Å². The van der Waals surface area contributed by atoms with Crippen LogP contribution >= 0.6 is 0 Å². The Morgan fingerprint density at radius 2 is 1.74 bits per heavy atom. The fourth-order valence-electron chi connectivity index (χ4n) is 6.23. The number of amides is 4. The zero-order valence-electron chi connectivity index (χ0n) is 30.6. The molecule has 2 aromatic heterocycles. The number of halogens is 3. The number of sulfonamides is 1. The minimum Gasteiger partial charge on any atom is -0.488 e. The van der Waals surface area contributed by atoms with E-state index in [4.69, 9.17) is 9.47 Å². The lowest BCUT2D eigenvalue weighted by molar-refractivity contribution is -0.143. The van der Waals surface area contributed by atoms with Gasteiger partial charge < -0.3 is 25.0 Å². The van der Waals surface area contributed by atoms with Crippen LogP contribution in [0.25, 0.3) is 11.0 Å². The van der Waals surface area contributed by atoms with Crippen LogP contribution in [0.15, 0.2) is 30.9 Å². The number of hydrogen-bond donors (Lipinski definition) is 3. The van der Waals surface area contributed by atoms with E-state index in [-0.39, 0.29) is 36.2 Å². The molecule has 3 heterocycles. The number of aryl methyl sites for hydroxylation is 1. The summed E-state index contributed by atoms with van der Waals surface area (Å²) in [4.78, 5) is 63.9. The first-order valence-corrected chi connectivity index (χ1v) is 18.7. The fraction of sp³-hybridized carbons (Fsp3) is 0.600. The molecule has 3 fully saturated rings. The number of alkyl halides is 3. The number of carbonyl (C=O) groups excluding carboxylic acids is 4. The lowest BCUT2D eigenvalue weighted by Gasteiger charge is -2.36. The lowest BCUT2D eigenvalue weighted by Crippen LogP contribution is -2.60. The Labute approximate surface area is 305 Å². The number of hydrogen-bond acceptors (Lipinski definition) is 10. The second-order valence-electron chi connectivity index (χ2n) is 15.9. The molecule has 0 spiro atoms. The summed E-state index contributed by atoms with van der Waals surface area (Å²) in [7, 11) is -3.98. The summed E-state index contributed by atoms with van der Waals surface area (Å²) in [6, 6.07) is 1.16. The molecule has 0 radical (unpaired) electrons. The van der Waals surface area contributed by atoms with Crippen molar-refractivity contribution < 1.29 is 50.2 Å². The number of rotatable bonds is 10. The van der Waals surface area contributed by atoms with Crippen LogP contribution < -0.4 is 20.1 Å². The summed E-state index contributed by atoms with van der Waals surface area (Å²) in [5, 5.41) is 4.70. The van der Waals surface area contributed by atoms with Crippen LogP contribution in [-0.4, -0.2) is 88.2 Å². The minimum absolute atomic E-state index is 0.0370. The maximum Gasteiger partial charge on any atom is 0.433 e. The highest BCUT2D eigenvalue weighted by molar-refractivity contribution is 7.91. The van der Waals surface area contributed by atoms with Crippen molar-refractivity contribution in [3.63, 3.8) is 0 Å². The molecule has 1 saturated heterocycles. The van der Waals surface area contributed by atoms with Crippen molar-refractivity contribution in [3.8, 4) is 5.75 Å². The van der Waals surface area contributed by atoms with Crippen LogP contribution in [0.5, 0.6) is 5.75 Å². The third-order valence-corrected chi connectivity index (χ3v) is 11.0. The van der Waals surface area contributed by atoms with E-state index >= 15 is 0 Å². The summed E-state index contributed by atoms with van der Waals surface area (Å²) < 4.78 is 80.7. The Hall–Kier alpha value is -4.48. The number of alkyl carbamates (subject to hydrolysis) is 1. The first kappa shape index (κ1) is 39.7. The molecule has 53 heavy (non-hydrogen) atoms. The highest BCUT2D eigenvalue weighted by Gasteiger charge is 2.62. The van der Waals surface area contributed by atoms with Crippen molar-refractivity contribution in [1.29, 1.82) is 0 Å². The number of nitrogens with one attached hydrogen (secondary N) is 3. The third kappa shape index (κ3) is 8.84. The molecular weight excluding hydrogens is 721 g/mol. The molecule has 0 aromatic carbocycles. The lowest BCUT2D eigenvalue weighted by atomic mass is 9.85. The van der Waals surface area contributed by atoms with Gasteiger partial charge in [0.1, 0.15) is 35.1 Å². The Balaban J connectivity index is 1.49. The van der Waals surface area contributed by atoms with Gasteiger partial charge in [0.25, 0.3) is 5.91 Å². The van der Waals surface area contributed by atoms with Gasteiger partial charge in [-0.15, -0.1) is 6.58 Å². The molecule has 2 unspecified atom stereocenters. The van der Waals surface area contributed by atoms with Gasteiger partial charge in [0.2, 0.25) is 21.8 Å². The van der Waals surface area contributed by atoms with Crippen LogP contribution in [0.1, 0.15) is 78.6 Å². The van der Waals surface area contributed by atoms with E-state index in [0.717, 1.165) is 11.0 Å². The first-order valence-electron chi connectivity index (χ1n) is 17.2. The number of likely N-dealkylation sites (tertiary alicyclic amines) is 1. The van der Waals surface area contributed by atoms with Crippen LogP contribution in [0.4, 0.5) is 18.0 Å². The van der Waals surface area contributed by atoms with Crippen LogP contribution in [0.2, 0.25) is 0 Å². The Morgan fingerprint density at radius 3 is 2.28 bits per heavy atom. The van der Waals surface area contributed by atoms with Crippen molar-refractivity contribution in [3.05, 3.63) is 42.2 Å². The van der Waals surface area contributed by atoms with E-state index in [0.29, 0.717) is 18.5 Å². The molecule has 2 saturated carbocycles. The Bertz CT molecular complexity index is 1940. The first-order chi connectivity index (χ1) is 24.3. The Kier molecular flexibility index (Phi) is 10.3. The number of nitrogens with zero attached hydrogens (tertiary/aromatic N) is 3. The van der Waals surface area contributed by atoms with Gasteiger partial charge in [-0.3, -0.25) is 19.1 Å². The topological polar surface area (TPSA) is 186 Å². The molecule has 14 nitrogen and oxygen atoms in total. The summed E-state index contributed by atoms with van der Waals surface area (Å²) in [6.07, 6.45) is -4.83. The highest BCUT2D eigenvalue weighted by atomic mass is 32.2. The van der Waals surface area contributed by atoms with Gasteiger partial charge in [0, 0.05) is 24.1 Å². The minimum atomic E-state index is -4.85. The number of aromatic nitrogens is 2. The van der Waals surface area contributed by atoms with Crippen LogP contribution in [-0.2, 0) is 35.3 Å². The SMILES string of the molecule is C=CC1CC1(NC(=O)[C@@H]1C[C@@H](Oc2cc(C(F)(F)F)nc3nc(C)ccc23)CN1C(=O)[C@@H](NC(=O)OC(C)(C)C)C(C)(C)C)C(=O)NS(=O)(=O)C1CC1. The zero-order chi connectivity index (χ0) is 39.5. The summed E-state index contributed by atoms with van der Waals surface area (Å²) in [5.41, 5.74) is -4.60. The van der Waals surface area contributed by atoms with E-state index in [9.17, 15) is 40.8 Å². The monoisotopic (exact) mass is 766 g/mol. The summed E-state index contributed by atoms with van der Waals surface area (Å²) in [6.45, 7) is 14.9. The van der Waals surface area contributed by atoms with Crippen molar-refractivity contribution in [2.75, 3.05) is 6.54 Å². The van der Waals surface area contributed by atoms with Crippen molar-refractivity contribution in [2.24, 2.45) is 11.3 Å². The van der Waals surface area contributed by atoms with E-state index in [1.54, 1.807) is 54.5 Å². The maximum absolute atomic E-state index is 14.4. The van der Waals surface area contributed by atoms with Gasteiger partial charge in [0.05, 0.1) is 17.2 Å². The van der Waals surface area contributed by atoms with Gasteiger partial charge in [-0.1, -0.05) is 26.8 Å². The predicted octanol–water partition coefficient (Wildman–Crippen LogP) is 3.91. The number of ether oxygens (including phenoxy) is 2. The summed E-state index contributed by atoms with van der Waals surface area (Å²) in [5.74, 6) is -3.38. The average Bonchev–Trinajstić information content (AvgIpc) is 3.94. The zero-order valence-corrected chi connectivity index (χ0v) is 31.4. The van der Waals surface area contributed by atoms with Gasteiger partial charge in [-0.25, -0.2) is 23.2 Å². The molecule has 2 aliphatic carbocycles. The number of carbonyl (C=O) groups is 4. The molecule has 18 heteroatoms. The van der Waals surface area contributed by atoms with E-state index < -0.39 is 91.6 Å². The second kappa shape index (κ2) is 13.7. The predicted molar refractivity (Wildman–Crippen MR) is 186 cm³/mol. The van der Waals surface area contributed by atoms with Gasteiger partial charge in [0.15, 0.2) is 11.3 Å². The molecule has 0 bridgehead atoms. The van der Waals surface area contributed by atoms with Gasteiger partial charge in [-0.2, -0.15) is 13.2 Å². The molecule has 5 atom stereocenters. The molecule has 3 N–H and O–H groups in total. The molecule has 3 aliphatic rings. The van der Waals surface area contributed by atoms with Gasteiger partial charge >= 0.3 is 12.3 Å². The third-order valence-electron chi connectivity index (χ3n) is 9.23. The molecule has 4 amide bonds. The van der Waals surface area contributed by atoms with Crippen molar-refractivity contribution >= 4 is 44.9 Å². The quantitative estimate of drug-likeness (QED) is 0.300. The average molecular weight is 767 g/mol. The second-order valence-corrected chi connectivity index (χ2v) is 17.9. The fourth-order valence-corrected chi connectivity index (χ4v) is 7.59. The van der Waals surface area contributed by atoms with Crippen molar-refractivity contribution in [1.82, 2.24) is 30.2 Å². The standard InChI is InChI=1S/C35H45F3N6O8S/c1-9-19-16-34(19,30(47)43-53(49,50)21-11-12-21)42-28(45)23-14-20(17-44(23)29(46)26(32(3,4)5)41-31(48)52-33(6,7)8)51-24-15-25(35(36,37)38)40-27-22(24)13-10-18(2)39-27/h9-10,13,15,19-21,23,26H,1,11-12,14,16-17H2,2-8H3,(H,41,48)(H,42,45)(H,43,47)/t19?,20-,23+,26-,34?/m1/s1. The summed E-state index contributed by atoms with van der Waals surface area (Å²) >= 11 is 0. The molecule has 1 aliphatic heterocycles. The smallest absolute Gasteiger partial charge is 0.433 e. The number of fused-ring (bicyclic) bond motifs is 1. The van der Waals surface area contributed by atoms with Crippen LogP contribution in [0.3, 0.4) is 0 Å². The maximum atomic E-state index is 14.4. The molecule has 5 rings (SSSR count). The molecule has 2 aromatic rings.